The fraction of sp³-hybridized carbons (Fsp3) is 0.667. The van der Waals surface area contributed by atoms with Crippen molar-refractivity contribution in [3.63, 3.8) is 0 Å². The van der Waals surface area contributed by atoms with Crippen LogP contribution in [0.2, 0.25) is 0 Å². The SMILES string of the molecule is OC[C@@H](O)[C@@H](O)[C@H](O)c1cnc(C[C@H](O)[C@H](O)CF)cn1. The molecule has 0 unspecified atom stereocenters. The number of aliphatic hydroxyl groups is 6. The molecule has 0 bridgehead atoms. The van der Waals surface area contributed by atoms with Crippen molar-refractivity contribution < 1.29 is 35.0 Å². The second kappa shape index (κ2) is 8.27. The largest absolute Gasteiger partial charge is 0.394 e. The smallest absolute Gasteiger partial charge is 0.126 e. The lowest BCUT2D eigenvalue weighted by Crippen LogP contribution is -2.35. The predicted octanol–water partition coefficient (Wildman–Crippen LogP) is -2.54. The van der Waals surface area contributed by atoms with Crippen LogP contribution in [0.4, 0.5) is 4.39 Å². The van der Waals surface area contributed by atoms with Gasteiger partial charge in [-0.2, -0.15) is 0 Å². The zero-order valence-corrected chi connectivity index (χ0v) is 11.1. The third-order valence-electron chi connectivity index (χ3n) is 2.95. The van der Waals surface area contributed by atoms with E-state index in [9.17, 15) is 24.8 Å². The molecule has 0 aromatic carbocycles. The van der Waals surface area contributed by atoms with E-state index in [0.717, 1.165) is 6.20 Å². The van der Waals surface area contributed by atoms with Gasteiger partial charge < -0.3 is 30.6 Å². The maximum Gasteiger partial charge on any atom is 0.126 e. The number of aliphatic hydroxyl groups excluding tert-OH is 6. The van der Waals surface area contributed by atoms with Crippen molar-refractivity contribution in [2.24, 2.45) is 0 Å². The maximum atomic E-state index is 12.2. The highest BCUT2D eigenvalue weighted by Gasteiger charge is 2.27. The normalized spacial score (nSPS) is 18.8. The summed E-state index contributed by atoms with van der Waals surface area (Å²) in [6, 6.07) is 0. The Kier molecular flexibility index (Phi) is 7.02. The Labute approximate surface area is 120 Å². The molecular formula is C12H19FN2O6. The number of hydrogen-bond acceptors (Lipinski definition) is 8. The van der Waals surface area contributed by atoms with E-state index in [0.29, 0.717) is 0 Å². The van der Waals surface area contributed by atoms with E-state index >= 15 is 0 Å². The summed E-state index contributed by atoms with van der Waals surface area (Å²) in [7, 11) is 0. The molecule has 5 atom stereocenters. The summed E-state index contributed by atoms with van der Waals surface area (Å²) in [5.74, 6) is 0. The van der Waals surface area contributed by atoms with Crippen molar-refractivity contribution in [3.05, 3.63) is 23.8 Å². The van der Waals surface area contributed by atoms with Gasteiger partial charge in [0.15, 0.2) is 0 Å². The van der Waals surface area contributed by atoms with Gasteiger partial charge >= 0.3 is 0 Å². The molecule has 0 amide bonds. The van der Waals surface area contributed by atoms with E-state index in [4.69, 9.17) is 10.2 Å². The van der Waals surface area contributed by atoms with Gasteiger partial charge in [0.05, 0.1) is 30.3 Å². The van der Waals surface area contributed by atoms with Gasteiger partial charge in [-0.3, -0.25) is 9.97 Å². The van der Waals surface area contributed by atoms with Crippen LogP contribution in [0, 0.1) is 0 Å². The molecular weight excluding hydrogens is 287 g/mol. The lowest BCUT2D eigenvalue weighted by Gasteiger charge is -2.21. The summed E-state index contributed by atoms with van der Waals surface area (Å²) < 4.78 is 12.2. The number of nitrogens with zero attached hydrogens (tertiary/aromatic N) is 2. The second-order valence-electron chi connectivity index (χ2n) is 4.61. The van der Waals surface area contributed by atoms with Gasteiger partial charge in [-0.1, -0.05) is 0 Å². The van der Waals surface area contributed by atoms with E-state index in [1.54, 1.807) is 0 Å². The van der Waals surface area contributed by atoms with Gasteiger partial charge in [-0.05, 0) is 0 Å². The first-order chi connectivity index (χ1) is 9.90. The molecule has 0 fully saturated rings. The third-order valence-corrected chi connectivity index (χ3v) is 2.95. The first-order valence-electron chi connectivity index (χ1n) is 6.28. The topological polar surface area (TPSA) is 147 Å². The summed E-state index contributed by atoms with van der Waals surface area (Å²) in [5.41, 5.74) is 0.211. The van der Waals surface area contributed by atoms with E-state index in [1.807, 2.05) is 0 Å². The minimum Gasteiger partial charge on any atom is -0.394 e. The zero-order chi connectivity index (χ0) is 16.0. The van der Waals surface area contributed by atoms with Crippen LogP contribution in [0.25, 0.3) is 0 Å². The Morgan fingerprint density at radius 1 is 0.952 bits per heavy atom. The summed E-state index contributed by atoms with van der Waals surface area (Å²) in [6.07, 6.45) is -5.38. The first-order valence-corrected chi connectivity index (χ1v) is 6.28. The Morgan fingerprint density at radius 2 is 1.62 bits per heavy atom. The highest BCUT2D eigenvalue weighted by molar-refractivity contribution is 5.08. The van der Waals surface area contributed by atoms with Crippen LogP contribution in [0.5, 0.6) is 0 Å². The zero-order valence-electron chi connectivity index (χ0n) is 11.1. The molecule has 0 aliphatic rings. The fourth-order valence-corrected chi connectivity index (χ4v) is 1.57. The number of rotatable bonds is 8. The lowest BCUT2D eigenvalue weighted by atomic mass is 10.1. The molecule has 120 valence electrons. The molecule has 1 aromatic rings. The molecule has 0 aliphatic heterocycles. The van der Waals surface area contributed by atoms with Gasteiger partial charge in [0.1, 0.15) is 31.1 Å². The highest BCUT2D eigenvalue weighted by Crippen LogP contribution is 2.16. The van der Waals surface area contributed by atoms with Gasteiger partial charge in [-0.25, -0.2) is 4.39 Å². The van der Waals surface area contributed by atoms with Crippen LogP contribution in [0.1, 0.15) is 17.5 Å². The Bertz CT molecular complexity index is 421. The molecule has 0 saturated carbocycles. The standard InChI is InChI=1S/C12H19FN2O6/c13-2-9(18)8(17)1-6-3-15-7(4-14-6)11(20)12(21)10(19)5-16/h3-4,8-12,16-21H,1-2,5H2/t8-,9+,10+,11+,12+/m0/s1. The molecule has 8 nitrogen and oxygen atoms in total. The van der Waals surface area contributed by atoms with Crippen molar-refractivity contribution >= 4 is 0 Å². The van der Waals surface area contributed by atoms with Gasteiger partial charge in [0.2, 0.25) is 0 Å². The molecule has 0 aliphatic carbocycles. The Hall–Kier alpha value is -1.23. The summed E-state index contributed by atoms with van der Waals surface area (Å²) >= 11 is 0. The molecule has 9 heteroatoms. The highest BCUT2D eigenvalue weighted by atomic mass is 19.1. The minimum absolute atomic E-state index is 0.0423. The number of aromatic nitrogens is 2. The Balaban J connectivity index is 2.69. The van der Waals surface area contributed by atoms with Crippen LogP contribution in [-0.4, -0.2) is 78.3 Å². The van der Waals surface area contributed by atoms with Crippen molar-refractivity contribution in [2.45, 2.75) is 36.9 Å². The summed E-state index contributed by atoms with van der Waals surface area (Å²) in [4.78, 5) is 7.66. The summed E-state index contributed by atoms with van der Waals surface area (Å²) in [6.45, 7) is -1.81. The average molecular weight is 306 g/mol. The van der Waals surface area contributed by atoms with Crippen molar-refractivity contribution in [3.8, 4) is 0 Å². The van der Waals surface area contributed by atoms with E-state index < -0.39 is 43.8 Å². The van der Waals surface area contributed by atoms with Crippen LogP contribution in [0.15, 0.2) is 12.4 Å². The molecule has 1 heterocycles. The van der Waals surface area contributed by atoms with Crippen molar-refractivity contribution in [1.29, 1.82) is 0 Å². The minimum atomic E-state index is -1.63. The number of hydrogen-bond donors (Lipinski definition) is 6. The monoisotopic (exact) mass is 306 g/mol. The quantitative estimate of drug-likeness (QED) is 0.308. The molecule has 0 saturated heterocycles. The van der Waals surface area contributed by atoms with E-state index in [2.05, 4.69) is 9.97 Å². The fourth-order valence-electron chi connectivity index (χ4n) is 1.57. The predicted molar refractivity (Wildman–Crippen MR) is 67.8 cm³/mol. The third kappa shape index (κ3) is 4.92. The lowest BCUT2D eigenvalue weighted by molar-refractivity contribution is -0.0790. The van der Waals surface area contributed by atoms with Crippen LogP contribution >= 0.6 is 0 Å². The van der Waals surface area contributed by atoms with Gasteiger partial charge in [-0.15, -0.1) is 0 Å². The summed E-state index contributed by atoms with van der Waals surface area (Å²) in [5, 5.41) is 55.7. The van der Waals surface area contributed by atoms with E-state index in [-0.39, 0.29) is 17.8 Å². The van der Waals surface area contributed by atoms with Crippen molar-refractivity contribution in [2.75, 3.05) is 13.3 Å². The molecule has 0 spiro atoms. The second-order valence-corrected chi connectivity index (χ2v) is 4.61. The molecule has 21 heavy (non-hydrogen) atoms. The van der Waals surface area contributed by atoms with E-state index in [1.165, 1.54) is 6.20 Å². The number of halogens is 1. The van der Waals surface area contributed by atoms with Crippen LogP contribution in [-0.2, 0) is 6.42 Å². The number of alkyl halides is 1. The van der Waals surface area contributed by atoms with Crippen LogP contribution in [0.3, 0.4) is 0 Å². The van der Waals surface area contributed by atoms with Crippen LogP contribution < -0.4 is 0 Å². The Morgan fingerprint density at radius 3 is 2.10 bits per heavy atom. The maximum absolute atomic E-state index is 12.2. The van der Waals surface area contributed by atoms with Gasteiger partial charge in [0.25, 0.3) is 0 Å². The average Bonchev–Trinajstić information content (AvgIpc) is 2.52. The molecule has 6 N–H and O–H groups in total. The van der Waals surface area contributed by atoms with Gasteiger partial charge in [0, 0.05) is 12.6 Å². The van der Waals surface area contributed by atoms with Crippen molar-refractivity contribution in [1.82, 2.24) is 9.97 Å². The molecule has 1 rings (SSSR count). The molecule has 1 aromatic heterocycles. The first kappa shape index (κ1) is 17.8. The molecule has 0 radical (unpaired) electrons.